The van der Waals surface area contributed by atoms with Gasteiger partial charge in [-0.2, -0.15) is 0 Å². The number of hydrogen-bond acceptors (Lipinski definition) is 5. The van der Waals surface area contributed by atoms with Crippen LogP contribution in [0.25, 0.3) is 0 Å². The summed E-state index contributed by atoms with van der Waals surface area (Å²) in [5.74, 6) is -0.128. The molecule has 130 valence electrons. The largest absolute Gasteiger partial charge is 0.457 e. The summed E-state index contributed by atoms with van der Waals surface area (Å²) in [6.07, 6.45) is 0. The Kier molecular flexibility index (Phi) is 6.53. The Morgan fingerprint density at radius 1 is 0.920 bits per heavy atom. The van der Waals surface area contributed by atoms with Gasteiger partial charge in [-0.25, -0.2) is 9.59 Å². The molecule has 2 N–H and O–H groups in total. The van der Waals surface area contributed by atoms with Crippen LogP contribution in [0.3, 0.4) is 0 Å². The van der Waals surface area contributed by atoms with Crippen LogP contribution in [0.2, 0.25) is 0 Å². The van der Waals surface area contributed by atoms with Crippen molar-refractivity contribution in [2.45, 2.75) is 6.92 Å². The summed E-state index contributed by atoms with van der Waals surface area (Å²) in [5.41, 5.74) is 0.270. The zero-order valence-corrected chi connectivity index (χ0v) is 13.7. The van der Waals surface area contributed by atoms with E-state index in [2.05, 4.69) is 5.32 Å². The van der Waals surface area contributed by atoms with Gasteiger partial charge in [-0.1, -0.05) is 18.2 Å². The van der Waals surface area contributed by atoms with Gasteiger partial charge in [0, 0.05) is 6.54 Å². The van der Waals surface area contributed by atoms with Gasteiger partial charge >= 0.3 is 12.0 Å². The standard InChI is InChI=1S/C18H18N2O5/c1-2-19-18(23)20-16(21)12-24-17(22)13-8-10-15(11-9-13)25-14-6-4-3-5-7-14/h3-11H,2,12H2,1H3,(H2,19,20,21,23). The molecule has 0 heterocycles. The van der Waals surface area contributed by atoms with E-state index in [4.69, 9.17) is 9.47 Å². The molecule has 0 fully saturated rings. The molecule has 2 aromatic carbocycles. The minimum Gasteiger partial charge on any atom is -0.457 e. The Hall–Kier alpha value is -3.35. The summed E-state index contributed by atoms with van der Waals surface area (Å²) >= 11 is 0. The minimum absolute atomic E-state index is 0.270. The highest BCUT2D eigenvalue weighted by Gasteiger charge is 2.12. The molecule has 0 saturated heterocycles. The number of nitrogens with one attached hydrogen (secondary N) is 2. The first kappa shape index (κ1) is 18.0. The second-order valence-electron chi connectivity index (χ2n) is 4.92. The SMILES string of the molecule is CCNC(=O)NC(=O)COC(=O)c1ccc(Oc2ccccc2)cc1. The number of benzene rings is 2. The van der Waals surface area contributed by atoms with E-state index >= 15 is 0 Å². The molecule has 0 aliphatic heterocycles. The lowest BCUT2D eigenvalue weighted by molar-refractivity contribution is -0.123. The quantitative estimate of drug-likeness (QED) is 0.787. The summed E-state index contributed by atoms with van der Waals surface area (Å²) in [6.45, 7) is 1.56. The molecule has 0 spiro atoms. The van der Waals surface area contributed by atoms with Crippen molar-refractivity contribution in [1.82, 2.24) is 10.6 Å². The highest BCUT2D eigenvalue weighted by Crippen LogP contribution is 2.21. The number of urea groups is 1. The molecule has 0 radical (unpaired) electrons. The summed E-state index contributed by atoms with van der Waals surface area (Å²) in [5, 5.41) is 4.43. The highest BCUT2D eigenvalue weighted by molar-refractivity contribution is 5.97. The molecule has 0 aliphatic rings. The molecule has 0 saturated carbocycles. The number of ether oxygens (including phenoxy) is 2. The van der Waals surface area contributed by atoms with Crippen LogP contribution < -0.4 is 15.4 Å². The number of hydrogen-bond donors (Lipinski definition) is 2. The molecular weight excluding hydrogens is 324 g/mol. The summed E-state index contributed by atoms with van der Waals surface area (Å²) in [6, 6.07) is 14.9. The smallest absolute Gasteiger partial charge is 0.338 e. The fourth-order valence-corrected chi connectivity index (χ4v) is 1.87. The number of carbonyl (C=O) groups is 3. The van der Waals surface area contributed by atoms with Gasteiger partial charge in [0.25, 0.3) is 5.91 Å². The molecule has 0 atom stereocenters. The van der Waals surface area contributed by atoms with Crippen molar-refractivity contribution < 1.29 is 23.9 Å². The van der Waals surface area contributed by atoms with Crippen LogP contribution in [0.15, 0.2) is 54.6 Å². The van der Waals surface area contributed by atoms with Gasteiger partial charge in [0.2, 0.25) is 0 Å². The van der Waals surface area contributed by atoms with Crippen LogP contribution in [0.4, 0.5) is 4.79 Å². The van der Waals surface area contributed by atoms with Crippen molar-refractivity contribution in [2.75, 3.05) is 13.2 Å². The van der Waals surface area contributed by atoms with Crippen LogP contribution in [-0.4, -0.2) is 31.1 Å². The summed E-state index contributed by atoms with van der Waals surface area (Å²) in [4.78, 5) is 34.5. The topological polar surface area (TPSA) is 93.7 Å². The molecule has 2 aromatic rings. The highest BCUT2D eigenvalue weighted by atomic mass is 16.5. The average Bonchev–Trinajstić information content (AvgIpc) is 2.61. The Morgan fingerprint density at radius 2 is 1.56 bits per heavy atom. The fraction of sp³-hybridized carbons (Fsp3) is 0.167. The zero-order chi connectivity index (χ0) is 18.1. The number of esters is 1. The Bertz CT molecular complexity index is 729. The lowest BCUT2D eigenvalue weighted by Crippen LogP contribution is -2.41. The lowest BCUT2D eigenvalue weighted by atomic mass is 10.2. The second kappa shape index (κ2) is 9.07. The molecular formula is C18H18N2O5. The van der Waals surface area contributed by atoms with Crippen LogP contribution >= 0.6 is 0 Å². The van der Waals surface area contributed by atoms with Crippen molar-refractivity contribution in [1.29, 1.82) is 0 Å². The van der Waals surface area contributed by atoms with Crippen molar-refractivity contribution in [3.05, 3.63) is 60.2 Å². The fourth-order valence-electron chi connectivity index (χ4n) is 1.87. The monoisotopic (exact) mass is 342 g/mol. The van der Waals surface area contributed by atoms with E-state index in [1.165, 1.54) is 12.1 Å². The predicted octanol–water partition coefficient (Wildman–Crippen LogP) is 2.48. The molecule has 7 nitrogen and oxygen atoms in total. The molecule has 3 amide bonds. The number of para-hydroxylation sites is 1. The normalized spacial score (nSPS) is 9.80. The summed E-state index contributed by atoms with van der Waals surface area (Å²) in [7, 11) is 0. The van der Waals surface area contributed by atoms with Gasteiger partial charge in [0.05, 0.1) is 5.56 Å². The van der Waals surface area contributed by atoms with Gasteiger partial charge in [-0.05, 0) is 43.3 Å². The Balaban J connectivity index is 1.84. The first-order valence-electron chi connectivity index (χ1n) is 7.66. The molecule has 2 rings (SSSR count). The van der Waals surface area contributed by atoms with E-state index < -0.39 is 24.5 Å². The number of imide groups is 1. The van der Waals surface area contributed by atoms with E-state index in [-0.39, 0.29) is 5.56 Å². The van der Waals surface area contributed by atoms with Crippen molar-refractivity contribution in [3.8, 4) is 11.5 Å². The summed E-state index contributed by atoms with van der Waals surface area (Å²) < 4.78 is 10.5. The van der Waals surface area contributed by atoms with Crippen molar-refractivity contribution >= 4 is 17.9 Å². The van der Waals surface area contributed by atoms with Gasteiger partial charge in [0.15, 0.2) is 6.61 Å². The second-order valence-corrected chi connectivity index (χ2v) is 4.92. The number of rotatable bonds is 6. The van der Waals surface area contributed by atoms with Crippen molar-refractivity contribution in [2.24, 2.45) is 0 Å². The predicted molar refractivity (Wildman–Crippen MR) is 90.5 cm³/mol. The maximum Gasteiger partial charge on any atom is 0.338 e. The lowest BCUT2D eigenvalue weighted by Gasteiger charge is -2.08. The van der Waals surface area contributed by atoms with Crippen LogP contribution in [-0.2, 0) is 9.53 Å². The van der Waals surface area contributed by atoms with E-state index in [1.807, 2.05) is 35.6 Å². The van der Waals surface area contributed by atoms with Gasteiger partial charge in [-0.15, -0.1) is 0 Å². The third kappa shape index (κ3) is 5.98. The Morgan fingerprint density at radius 3 is 2.20 bits per heavy atom. The molecule has 0 bridgehead atoms. The molecule has 0 aliphatic carbocycles. The molecule has 25 heavy (non-hydrogen) atoms. The number of amides is 3. The zero-order valence-electron chi connectivity index (χ0n) is 13.7. The average molecular weight is 342 g/mol. The van der Waals surface area contributed by atoms with Crippen LogP contribution in [0.5, 0.6) is 11.5 Å². The maximum absolute atomic E-state index is 11.9. The van der Waals surface area contributed by atoms with Gasteiger partial charge in [-0.3, -0.25) is 10.1 Å². The molecule has 0 unspecified atom stereocenters. The van der Waals surface area contributed by atoms with E-state index in [0.29, 0.717) is 18.0 Å². The molecule has 7 heteroatoms. The maximum atomic E-state index is 11.9. The van der Waals surface area contributed by atoms with Crippen LogP contribution in [0.1, 0.15) is 17.3 Å². The van der Waals surface area contributed by atoms with Gasteiger partial charge < -0.3 is 14.8 Å². The third-order valence-corrected chi connectivity index (χ3v) is 2.99. The first-order chi connectivity index (χ1) is 12.1. The third-order valence-electron chi connectivity index (χ3n) is 2.99. The number of carbonyl (C=O) groups excluding carboxylic acids is 3. The van der Waals surface area contributed by atoms with E-state index in [1.54, 1.807) is 19.1 Å². The van der Waals surface area contributed by atoms with Gasteiger partial charge in [0.1, 0.15) is 11.5 Å². The minimum atomic E-state index is -0.705. The first-order valence-corrected chi connectivity index (χ1v) is 7.66. The van der Waals surface area contributed by atoms with Crippen LogP contribution in [0, 0.1) is 0 Å². The van der Waals surface area contributed by atoms with Crippen molar-refractivity contribution in [3.63, 3.8) is 0 Å². The Labute approximate surface area is 144 Å². The molecule has 0 aromatic heterocycles. The van der Waals surface area contributed by atoms with E-state index in [9.17, 15) is 14.4 Å². The van der Waals surface area contributed by atoms with E-state index in [0.717, 1.165) is 0 Å².